The fraction of sp³-hybridized carbons (Fsp3) is 0.562. The average Bonchev–Trinajstić information content (AvgIpc) is 2.85. The third-order valence-electron chi connectivity index (χ3n) is 4.05. The van der Waals surface area contributed by atoms with Crippen molar-refractivity contribution >= 4 is 11.0 Å². The minimum atomic E-state index is 0.490. The molecule has 1 aliphatic rings. The number of rotatable bonds is 4. The number of imidazole rings is 1. The molecule has 1 aromatic carbocycles. The Bertz CT molecular complexity index is 570. The highest BCUT2D eigenvalue weighted by atomic mass is 16.5. The van der Waals surface area contributed by atoms with Crippen molar-refractivity contribution in [3.05, 3.63) is 30.6 Å². The summed E-state index contributed by atoms with van der Waals surface area (Å²) >= 11 is 0. The summed E-state index contributed by atoms with van der Waals surface area (Å²) in [6, 6.07) is 9.16. The van der Waals surface area contributed by atoms with Gasteiger partial charge in [0.2, 0.25) is 6.33 Å². The summed E-state index contributed by atoms with van der Waals surface area (Å²) in [5.41, 5.74) is 2.65. The van der Waals surface area contributed by atoms with Crippen LogP contribution in [0.1, 0.15) is 19.9 Å². The lowest BCUT2D eigenvalue weighted by Crippen LogP contribution is -2.44. The van der Waals surface area contributed by atoms with Crippen LogP contribution in [0.15, 0.2) is 30.6 Å². The Kier molecular flexibility index (Phi) is 4.03. The van der Waals surface area contributed by atoms with Crippen LogP contribution in [0.4, 0.5) is 0 Å². The zero-order valence-corrected chi connectivity index (χ0v) is 12.5. The van der Waals surface area contributed by atoms with Crippen LogP contribution in [0.2, 0.25) is 0 Å². The number of morpholine rings is 1. The maximum Gasteiger partial charge on any atom is 0.244 e. The van der Waals surface area contributed by atoms with Crippen molar-refractivity contribution in [2.24, 2.45) is 0 Å². The van der Waals surface area contributed by atoms with Gasteiger partial charge in [0.1, 0.15) is 6.54 Å². The molecule has 4 heteroatoms. The predicted octanol–water partition coefficient (Wildman–Crippen LogP) is 1.84. The summed E-state index contributed by atoms with van der Waals surface area (Å²) in [4.78, 5) is 2.48. The fourth-order valence-electron chi connectivity index (χ4n) is 2.86. The van der Waals surface area contributed by atoms with Crippen molar-refractivity contribution < 1.29 is 9.30 Å². The molecule has 0 spiro atoms. The molecular formula is C16H24N3O+. The van der Waals surface area contributed by atoms with Crippen LogP contribution in [0.3, 0.4) is 0 Å². The Morgan fingerprint density at radius 2 is 1.95 bits per heavy atom. The van der Waals surface area contributed by atoms with Crippen LogP contribution in [0.5, 0.6) is 0 Å². The largest absolute Gasteiger partial charge is 0.379 e. The summed E-state index contributed by atoms with van der Waals surface area (Å²) in [7, 11) is 0. The first-order chi connectivity index (χ1) is 9.75. The number of para-hydroxylation sites is 2. The Hall–Kier alpha value is -1.39. The molecule has 4 nitrogen and oxygen atoms in total. The highest BCUT2D eigenvalue weighted by molar-refractivity contribution is 5.71. The van der Waals surface area contributed by atoms with Crippen molar-refractivity contribution in [3.63, 3.8) is 0 Å². The van der Waals surface area contributed by atoms with Gasteiger partial charge in [0.25, 0.3) is 0 Å². The van der Waals surface area contributed by atoms with Gasteiger partial charge in [-0.1, -0.05) is 12.1 Å². The molecule has 0 atom stereocenters. The molecule has 1 saturated heterocycles. The van der Waals surface area contributed by atoms with Crippen molar-refractivity contribution in [2.45, 2.75) is 26.4 Å². The van der Waals surface area contributed by atoms with Crippen LogP contribution in [0.25, 0.3) is 11.0 Å². The van der Waals surface area contributed by atoms with E-state index in [0.29, 0.717) is 6.04 Å². The third kappa shape index (κ3) is 2.72. The van der Waals surface area contributed by atoms with Crippen LogP contribution < -0.4 is 4.57 Å². The zero-order valence-electron chi connectivity index (χ0n) is 12.5. The minimum absolute atomic E-state index is 0.490. The van der Waals surface area contributed by atoms with Crippen molar-refractivity contribution in [1.82, 2.24) is 9.47 Å². The van der Waals surface area contributed by atoms with E-state index in [9.17, 15) is 0 Å². The Balaban J connectivity index is 1.80. The molecule has 0 amide bonds. The van der Waals surface area contributed by atoms with Crippen molar-refractivity contribution in [3.8, 4) is 0 Å². The number of ether oxygens (including phenoxy) is 1. The van der Waals surface area contributed by atoms with Gasteiger partial charge in [-0.05, 0) is 26.0 Å². The van der Waals surface area contributed by atoms with E-state index in [1.54, 1.807) is 0 Å². The first-order valence-corrected chi connectivity index (χ1v) is 7.55. The van der Waals surface area contributed by atoms with Gasteiger partial charge < -0.3 is 4.74 Å². The smallest absolute Gasteiger partial charge is 0.244 e. The van der Waals surface area contributed by atoms with E-state index >= 15 is 0 Å². The molecule has 108 valence electrons. The number of fused-ring (bicyclic) bond motifs is 1. The second-order valence-corrected chi connectivity index (χ2v) is 5.75. The SMILES string of the molecule is CC(C)n1c[n+](CCN2CCOCC2)c2ccccc21. The molecule has 0 unspecified atom stereocenters. The summed E-state index contributed by atoms with van der Waals surface area (Å²) in [6.07, 6.45) is 2.26. The molecule has 0 aliphatic carbocycles. The molecular weight excluding hydrogens is 250 g/mol. The normalized spacial score (nSPS) is 17.1. The van der Waals surface area contributed by atoms with Gasteiger partial charge in [-0.25, -0.2) is 9.13 Å². The number of nitrogens with zero attached hydrogens (tertiary/aromatic N) is 3. The molecule has 3 rings (SSSR count). The Morgan fingerprint density at radius 1 is 1.20 bits per heavy atom. The Morgan fingerprint density at radius 3 is 2.70 bits per heavy atom. The van der Waals surface area contributed by atoms with E-state index in [-0.39, 0.29) is 0 Å². The topological polar surface area (TPSA) is 21.3 Å². The molecule has 2 aromatic rings. The fourth-order valence-corrected chi connectivity index (χ4v) is 2.86. The first kappa shape index (κ1) is 13.6. The van der Waals surface area contributed by atoms with E-state index in [1.165, 1.54) is 11.0 Å². The van der Waals surface area contributed by atoms with Gasteiger partial charge in [0, 0.05) is 19.6 Å². The van der Waals surface area contributed by atoms with E-state index < -0.39 is 0 Å². The van der Waals surface area contributed by atoms with Crippen molar-refractivity contribution in [2.75, 3.05) is 32.8 Å². The molecule has 0 bridgehead atoms. The van der Waals surface area contributed by atoms with E-state index in [4.69, 9.17) is 4.74 Å². The maximum atomic E-state index is 5.40. The van der Waals surface area contributed by atoms with Crippen LogP contribution in [-0.2, 0) is 11.3 Å². The summed E-state index contributed by atoms with van der Waals surface area (Å²) in [5.74, 6) is 0. The first-order valence-electron chi connectivity index (χ1n) is 7.55. The molecule has 0 N–H and O–H groups in total. The molecule has 0 radical (unpaired) electrons. The number of hydrogen-bond acceptors (Lipinski definition) is 2. The zero-order chi connectivity index (χ0) is 13.9. The lowest BCUT2D eigenvalue weighted by atomic mass is 10.3. The van der Waals surface area contributed by atoms with Gasteiger partial charge in [-0.2, -0.15) is 0 Å². The van der Waals surface area contributed by atoms with E-state index in [2.05, 4.69) is 58.5 Å². The predicted molar refractivity (Wildman–Crippen MR) is 79.8 cm³/mol. The summed E-state index contributed by atoms with van der Waals surface area (Å²) in [5, 5.41) is 0. The number of hydrogen-bond donors (Lipinski definition) is 0. The summed E-state index contributed by atoms with van der Waals surface area (Å²) < 4.78 is 10.1. The number of benzene rings is 1. The maximum absolute atomic E-state index is 5.40. The minimum Gasteiger partial charge on any atom is -0.379 e. The van der Waals surface area contributed by atoms with Crippen molar-refractivity contribution in [1.29, 1.82) is 0 Å². The molecule has 1 aliphatic heterocycles. The highest BCUT2D eigenvalue weighted by Gasteiger charge is 2.18. The average molecular weight is 274 g/mol. The number of aromatic nitrogens is 2. The van der Waals surface area contributed by atoms with Crippen LogP contribution in [0, 0.1) is 0 Å². The van der Waals surface area contributed by atoms with E-state index in [1.807, 2.05) is 0 Å². The molecule has 1 aromatic heterocycles. The lowest BCUT2D eigenvalue weighted by Gasteiger charge is -2.25. The van der Waals surface area contributed by atoms with Gasteiger partial charge in [0.05, 0.1) is 19.3 Å². The molecule has 2 heterocycles. The molecule has 20 heavy (non-hydrogen) atoms. The van der Waals surface area contributed by atoms with E-state index in [0.717, 1.165) is 39.4 Å². The third-order valence-corrected chi connectivity index (χ3v) is 4.05. The quantitative estimate of drug-likeness (QED) is 0.793. The van der Waals surface area contributed by atoms with Crippen LogP contribution >= 0.6 is 0 Å². The van der Waals surface area contributed by atoms with Gasteiger partial charge in [0.15, 0.2) is 11.0 Å². The lowest BCUT2D eigenvalue weighted by molar-refractivity contribution is -0.672. The molecule has 0 saturated carbocycles. The van der Waals surface area contributed by atoms with Gasteiger partial charge in [-0.15, -0.1) is 0 Å². The second kappa shape index (κ2) is 5.94. The Labute approximate surface area is 120 Å². The monoisotopic (exact) mass is 274 g/mol. The summed E-state index contributed by atoms with van der Waals surface area (Å²) in [6.45, 7) is 10.5. The highest BCUT2D eigenvalue weighted by Crippen LogP contribution is 2.15. The second-order valence-electron chi connectivity index (χ2n) is 5.75. The van der Waals surface area contributed by atoms with Gasteiger partial charge in [-0.3, -0.25) is 4.90 Å². The standard InChI is InChI=1S/C16H24N3O/c1-14(2)19-13-18(15-5-3-4-6-16(15)19)8-7-17-9-11-20-12-10-17/h3-6,13-14H,7-12H2,1-2H3/q+1. The van der Waals surface area contributed by atoms with Crippen LogP contribution in [-0.4, -0.2) is 42.3 Å². The van der Waals surface area contributed by atoms with Gasteiger partial charge >= 0.3 is 0 Å². The molecule has 1 fully saturated rings.